The SMILES string of the molecule is CC(C)CC(O)CCc1ccncc1. The molecular weight excluding hydrogens is 174 g/mol. The van der Waals surface area contributed by atoms with Crippen LogP contribution in [-0.4, -0.2) is 16.2 Å². The van der Waals surface area contributed by atoms with E-state index in [4.69, 9.17) is 0 Å². The number of hydrogen-bond donors (Lipinski definition) is 1. The zero-order valence-corrected chi connectivity index (χ0v) is 8.98. The van der Waals surface area contributed by atoms with E-state index in [9.17, 15) is 5.11 Å². The molecule has 2 nitrogen and oxygen atoms in total. The van der Waals surface area contributed by atoms with Gasteiger partial charge in [0.25, 0.3) is 0 Å². The molecule has 1 atom stereocenters. The Labute approximate surface area is 86.0 Å². The quantitative estimate of drug-likeness (QED) is 0.779. The number of rotatable bonds is 5. The van der Waals surface area contributed by atoms with Gasteiger partial charge in [0.1, 0.15) is 0 Å². The van der Waals surface area contributed by atoms with E-state index in [-0.39, 0.29) is 6.10 Å². The van der Waals surface area contributed by atoms with Crippen LogP contribution >= 0.6 is 0 Å². The second-order valence-electron chi connectivity index (χ2n) is 4.18. The monoisotopic (exact) mass is 193 g/mol. The molecule has 0 amide bonds. The summed E-state index contributed by atoms with van der Waals surface area (Å²) >= 11 is 0. The summed E-state index contributed by atoms with van der Waals surface area (Å²) in [6.45, 7) is 4.27. The van der Waals surface area contributed by atoms with E-state index in [1.54, 1.807) is 12.4 Å². The second kappa shape index (κ2) is 5.76. The largest absolute Gasteiger partial charge is 0.393 e. The summed E-state index contributed by atoms with van der Waals surface area (Å²) in [6, 6.07) is 4.00. The summed E-state index contributed by atoms with van der Waals surface area (Å²) in [7, 11) is 0. The molecule has 2 heteroatoms. The van der Waals surface area contributed by atoms with E-state index in [1.807, 2.05) is 12.1 Å². The molecule has 1 rings (SSSR count). The number of hydrogen-bond acceptors (Lipinski definition) is 2. The predicted molar refractivity (Wildman–Crippen MR) is 58.0 cm³/mol. The smallest absolute Gasteiger partial charge is 0.0545 e. The fraction of sp³-hybridized carbons (Fsp3) is 0.583. The van der Waals surface area contributed by atoms with E-state index in [2.05, 4.69) is 18.8 Å². The molecule has 0 aliphatic rings. The molecule has 1 heterocycles. The van der Waals surface area contributed by atoms with Gasteiger partial charge in [0.2, 0.25) is 0 Å². The minimum absolute atomic E-state index is 0.164. The van der Waals surface area contributed by atoms with Gasteiger partial charge < -0.3 is 5.11 Å². The van der Waals surface area contributed by atoms with Crippen LogP contribution < -0.4 is 0 Å². The number of aromatic nitrogens is 1. The zero-order valence-electron chi connectivity index (χ0n) is 8.98. The topological polar surface area (TPSA) is 33.1 Å². The van der Waals surface area contributed by atoms with Gasteiger partial charge in [-0.1, -0.05) is 13.8 Å². The summed E-state index contributed by atoms with van der Waals surface area (Å²) in [5.74, 6) is 0.572. The lowest BCUT2D eigenvalue weighted by Gasteiger charge is -2.12. The van der Waals surface area contributed by atoms with Crippen LogP contribution in [0.3, 0.4) is 0 Å². The molecule has 78 valence electrons. The number of pyridine rings is 1. The van der Waals surface area contributed by atoms with Gasteiger partial charge in [0.05, 0.1) is 6.10 Å². The molecule has 0 aromatic carbocycles. The Morgan fingerprint density at radius 3 is 2.50 bits per heavy atom. The Morgan fingerprint density at radius 2 is 1.93 bits per heavy atom. The van der Waals surface area contributed by atoms with Crippen LogP contribution in [0.15, 0.2) is 24.5 Å². The molecular formula is C12H19NO. The van der Waals surface area contributed by atoms with Crippen LogP contribution in [0.1, 0.15) is 32.3 Å². The number of aliphatic hydroxyl groups excluding tert-OH is 1. The molecule has 0 spiro atoms. The summed E-state index contributed by atoms with van der Waals surface area (Å²) in [5.41, 5.74) is 1.25. The number of aliphatic hydroxyl groups is 1. The molecule has 14 heavy (non-hydrogen) atoms. The van der Waals surface area contributed by atoms with Crippen LogP contribution in [0.25, 0.3) is 0 Å². The molecule has 0 radical (unpaired) electrons. The average Bonchev–Trinajstić information content (AvgIpc) is 2.15. The van der Waals surface area contributed by atoms with Crippen molar-refractivity contribution in [3.05, 3.63) is 30.1 Å². The Bertz CT molecular complexity index is 246. The first kappa shape index (κ1) is 11.2. The first-order chi connectivity index (χ1) is 6.68. The van der Waals surface area contributed by atoms with Crippen molar-refractivity contribution in [2.24, 2.45) is 5.92 Å². The van der Waals surface area contributed by atoms with Crippen LogP contribution in [0, 0.1) is 5.92 Å². The van der Waals surface area contributed by atoms with Crippen molar-refractivity contribution in [2.75, 3.05) is 0 Å². The first-order valence-corrected chi connectivity index (χ1v) is 5.25. The number of nitrogens with zero attached hydrogens (tertiary/aromatic N) is 1. The lowest BCUT2D eigenvalue weighted by atomic mass is 10.0. The molecule has 1 aromatic rings. The van der Waals surface area contributed by atoms with E-state index < -0.39 is 0 Å². The van der Waals surface area contributed by atoms with Crippen molar-refractivity contribution in [3.63, 3.8) is 0 Å². The van der Waals surface area contributed by atoms with Gasteiger partial charge in [0, 0.05) is 12.4 Å². The minimum Gasteiger partial charge on any atom is -0.393 e. The van der Waals surface area contributed by atoms with Gasteiger partial charge in [-0.2, -0.15) is 0 Å². The first-order valence-electron chi connectivity index (χ1n) is 5.25. The molecule has 0 saturated heterocycles. The lowest BCUT2D eigenvalue weighted by molar-refractivity contribution is 0.139. The summed E-state index contributed by atoms with van der Waals surface area (Å²) in [4.78, 5) is 3.96. The van der Waals surface area contributed by atoms with E-state index in [1.165, 1.54) is 5.56 Å². The Morgan fingerprint density at radius 1 is 1.29 bits per heavy atom. The van der Waals surface area contributed by atoms with Gasteiger partial charge in [-0.25, -0.2) is 0 Å². The number of aryl methyl sites for hydroxylation is 1. The highest BCUT2D eigenvalue weighted by atomic mass is 16.3. The lowest BCUT2D eigenvalue weighted by Crippen LogP contribution is -2.11. The summed E-state index contributed by atoms with van der Waals surface area (Å²) in [6.07, 6.45) is 6.11. The van der Waals surface area contributed by atoms with Crippen molar-refractivity contribution >= 4 is 0 Å². The molecule has 0 aliphatic carbocycles. The molecule has 0 bridgehead atoms. The molecule has 1 N–H and O–H groups in total. The Kier molecular flexibility index (Phi) is 4.60. The third-order valence-corrected chi connectivity index (χ3v) is 2.26. The van der Waals surface area contributed by atoms with E-state index in [0.29, 0.717) is 5.92 Å². The van der Waals surface area contributed by atoms with Gasteiger partial charge in [-0.05, 0) is 42.9 Å². The van der Waals surface area contributed by atoms with Crippen LogP contribution in [-0.2, 0) is 6.42 Å². The van der Waals surface area contributed by atoms with E-state index >= 15 is 0 Å². The second-order valence-corrected chi connectivity index (χ2v) is 4.18. The Balaban J connectivity index is 2.27. The van der Waals surface area contributed by atoms with Gasteiger partial charge in [-0.3, -0.25) is 4.98 Å². The summed E-state index contributed by atoms with van der Waals surface area (Å²) in [5, 5.41) is 9.67. The normalized spacial score (nSPS) is 13.1. The fourth-order valence-electron chi connectivity index (χ4n) is 1.54. The zero-order chi connectivity index (χ0) is 10.4. The van der Waals surface area contributed by atoms with Crippen LogP contribution in [0.5, 0.6) is 0 Å². The third kappa shape index (κ3) is 4.38. The standard InChI is InChI=1S/C12H19NO/c1-10(2)9-12(14)4-3-11-5-7-13-8-6-11/h5-8,10,12,14H,3-4,9H2,1-2H3. The highest BCUT2D eigenvalue weighted by molar-refractivity contribution is 5.09. The van der Waals surface area contributed by atoms with Crippen molar-refractivity contribution < 1.29 is 5.11 Å². The maximum Gasteiger partial charge on any atom is 0.0545 e. The highest BCUT2D eigenvalue weighted by Gasteiger charge is 2.06. The molecule has 0 fully saturated rings. The van der Waals surface area contributed by atoms with Crippen molar-refractivity contribution in [1.29, 1.82) is 0 Å². The molecule has 0 saturated carbocycles. The predicted octanol–water partition coefficient (Wildman–Crippen LogP) is 2.42. The third-order valence-electron chi connectivity index (χ3n) is 2.26. The van der Waals surface area contributed by atoms with Gasteiger partial charge in [-0.15, -0.1) is 0 Å². The Hall–Kier alpha value is -0.890. The molecule has 1 unspecified atom stereocenters. The average molecular weight is 193 g/mol. The maximum atomic E-state index is 9.67. The maximum absolute atomic E-state index is 9.67. The summed E-state index contributed by atoms with van der Waals surface area (Å²) < 4.78 is 0. The van der Waals surface area contributed by atoms with Gasteiger partial charge in [0.15, 0.2) is 0 Å². The van der Waals surface area contributed by atoms with Crippen molar-refractivity contribution in [2.45, 2.75) is 39.2 Å². The highest BCUT2D eigenvalue weighted by Crippen LogP contribution is 2.10. The van der Waals surface area contributed by atoms with Crippen molar-refractivity contribution in [1.82, 2.24) is 4.98 Å². The van der Waals surface area contributed by atoms with E-state index in [0.717, 1.165) is 19.3 Å². The minimum atomic E-state index is -0.164. The van der Waals surface area contributed by atoms with Crippen molar-refractivity contribution in [3.8, 4) is 0 Å². The fourth-order valence-corrected chi connectivity index (χ4v) is 1.54. The van der Waals surface area contributed by atoms with Gasteiger partial charge >= 0.3 is 0 Å². The molecule has 1 aromatic heterocycles. The van der Waals surface area contributed by atoms with Crippen LogP contribution in [0.2, 0.25) is 0 Å². The van der Waals surface area contributed by atoms with Crippen LogP contribution in [0.4, 0.5) is 0 Å². The molecule has 0 aliphatic heterocycles.